The smallest absolute Gasteiger partial charge is 0.325 e. The third-order valence-corrected chi connectivity index (χ3v) is 10.6. The van der Waals surface area contributed by atoms with E-state index in [1.807, 2.05) is 0 Å². The first-order valence-electron chi connectivity index (χ1n) is 13.0. The number of rotatable bonds is 2. The summed E-state index contributed by atoms with van der Waals surface area (Å²) in [5.74, 6) is 0.152. The standard InChI is InChI=1S/C22H25N7O11P2S2/c23-10-1-3-24-19-14(10)26-9-29(19)20-16(32)17-12(38-20)8-36-42(34,44)40-18-15(31)11(7-35-41(33,43)39-17)37-21(18)28-5-2-13(30)27-6-4-25-22(27)28/h1-6,9,11-12,15-18,20-21,31-32H,7-8H2,(H2,23,24)(H,33,43)(H,34,44)/t11-,12-,15-,16-,17+,18-,20-,21-,41?,42?/m1/s1. The van der Waals surface area contributed by atoms with Crippen molar-refractivity contribution < 1.29 is 47.6 Å². The predicted molar refractivity (Wildman–Crippen MR) is 156 cm³/mol. The van der Waals surface area contributed by atoms with Crippen LogP contribution in [0.5, 0.6) is 0 Å². The number of nitrogens with zero attached hydrogens (tertiary/aromatic N) is 6. The van der Waals surface area contributed by atoms with E-state index in [9.17, 15) is 24.8 Å². The molecule has 2 bridgehead atoms. The second-order valence-corrected chi connectivity index (χ2v) is 15.7. The van der Waals surface area contributed by atoms with Crippen molar-refractivity contribution in [1.82, 2.24) is 28.5 Å². The van der Waals surface area contributed by atoms with Crippen molar-refractivity contribution in [3.63, 3.8) is 0 Å². The largest absolute Gasteiger partial charge is 0.397 e. The molecule has 3 fully saturated rings. The molecule has 0 radical (unpaired) electrons. The van der Waals surface area contributed by atoms with Crippen molar-refractivity contribution in [2.24, 2.45) is 0 Å². The molecule has 3 aliphatic heterocycles. The Labute approximate surface area is 257 Å². The van der Waals surface area contributed by atoms with E-state index in [2.05, 4.69) is 15.0 Å². The van der Waals surface area contributed by atoms with Gasteiger partial charge in [0.15, 0.2) is 18.1 Å². The summed E-state index contributed by atoms with van der Waals surface area (Å²) in [4.78, 5) is 47.1. The molecule has 44 heavy (non-hydrogen) atoms. The molecule has 4 aromatic heterocycles. The normalized spacial score (nSPS) is 38.3. The average Bonchev–Trinajstić information content (AvgIpc) is 3.75. The fourth-order valence-corrected chi connectivity index (χ4v) is 8.26. The van der Waals surface area contributed by atoms with Crippen LogP contribution >= 0.6 is 13.4 Å². The van der Waals surface area contributed by atoms with Crippen LogP contribution in [0.1, 0.15) is 12.5 Å². The lowest BCUT2D eigenvalue weighted by atomic mass is 10.1. The molecule has 3 saturated heterocycles. The van der Waals surface area contributed by atoms with E-state index >= 15 is 0 Å². The van der Waals surface area contributed by atoms with Crippen LogP contribution in [0.4, 0.5) is 5.69 Å². The molecule has 6 N–H and O–H groups in total. The van der Waals surface area contributed by atoms with Gasteiger partial charge in [-0.1, -0.05) is 0 Å². The third-order valence-electron chi connectivity index (χ3n) is 7.44. The number of aromatic nitrogens is 6. The number of pyridine rings is 1. The highest BCUT2D eigenvalue weighted by Crippen LogP contribution is 2.54. The molecule has 2 unspecified atom stereocenters. The zero-order valence-electron chi connectivity index (χ0n) is 22.2. The first-order valence-corrected chi connectivity index (χ1v) is 18.2. The van der Waals surface area contributed by atoms with Crippen molar-refractivity contribution in [1.29, 1.82) is 0 Å². The van der Waals surface area contributed by atoms with Gasteiger partial charge in [-0.15, -0.1) is 0 Å². The topological polar surface area (TPSA) is 232 Å². The van der Waals surface area contributed by atoms with Crippen molar-refractivity contribution in [3.05, 3.63) is 53.6 Å². The average molecular weight is 690 g/mol. The first-order chi connectivity index (χ1) is 20.9. The molecule has 0 aliphatic carbocycles. The summed E-state index contributed by atoms with van der Waals surface area (Å²) in [6, 6.07) is 2.82. The number of nitrogen functional groups attached to an aromatic ring is 1. The lowest BCUT2D eigenvalue weighted by Gasteiger charge is -2.28. The van der Waals surface area contributed by atoms with Gasteiger partial charge < -0.3 is 44.3 Å². The van der Waals surface area contributed by atoms with E-state index in [0.717, 1.165) is 0 Å². The van der Waals surface area contributed by atoms with Crippen LogP contribution in [-0.4, -0.2) is 98.3 Å². The van der Waals surface area contributed by atoms with Gasteiger partial charge >= 0.3 is 13.4 Å². The number of aliphatic hydroxyl groups excluding tert-OH is 2. The van der Waals surface area contributed by atoms with Crippen LogP contribution in [0.3, 0.4) is 0 Å². The van der Waals surface area contributed by atoms with Crippen LogP contribution in [0.2, 0.25) is 0 Å². The van der Waals surface area contributed by atoms with Gasteiger partial charge in [-0.2, -0.15) is 0 Å². The van der Waals surface area contributed by atoms with Gasteiger partial charge in [0.2, 0.25) is 5.78 Å². The van der Waals surface area contributed by atoms with Crippen LogP contribution in [0.15, 0.2) is 48.0 Å². The summed E-state index contributed by atoms with van der Waals surface area (Å²) in [5.41, 5.74) is 6.66. The Kier molecular flexibility index (Phi) is 7.75. The number of ether oxygens (including phenoxy) is 2. The summed E-state index contributed by atoms with van der Waals surface area (Å²) in [6.45, 7) is -9.29. The minimum Gasteiger partial charge on any atom is -0.397 e. The van der Waals surface area contributed by atoms with Crippen LogP contribution in [0, 0.1) is 0 Å². The molecule has 0 aromatic carbocycles. The first kappa shape index (κ1) is 30.4. The Morgan fingerprint density at radius 2 is 1.57 bits per heavy atom. The minimum atomic E-state index is -4.17. The second kappa shape index (κ2) is 11.2. The number of imidazole rings is 2. The lowest BCUT2D eigenvalue weighted by Crippen LogP contribution is -2.36. The fourth-order valence-electron chi connectivity index (χ4n) is 5.40. The Morgan fingerprint density at radius 1 is 0.864 bits per heavy atom. The quantitative estimate of drug-likeness (QED) is 0.164. The van der Waals surface area contributed by atoms with Crippen molar-refractivity contribution in [2.45, 2.75) is 49.1 Å². The maximum Gasteiger partial charge on any atom is 0.325 e. The molecule has 22 heteroatoms. The molecule has 3 aliphatic rings. The molecule has 4 aromatic rings. The minimum absolute atomic E-state index is 0.152. The maximum absolute atomic E-state index is 12.3. The molecule has 0 saturated carbocycles. The summed E-state index contributed by atoms with van der Waals surface area (Å²) >= 11 is 10.5. The Hall–Kier alpha value is -2.26. The Morgan fingerprint density at radius 3 is 2.34 bits per heavy atom. The van der Waals surface area contributed by atoms with E-state index in [0.29, 0.717) is 16.9 Å². The molecule has 0 spiro atoms. The molecule has 18 nitrogen and oxygen atoms in total. The number of anilines is 1. The van der Waals surface area contributed by atoms with Crippen LogP contribution in [0.25, 0.3) is 16.9 Å². The highest BCUT2D eigenvalue weighted by atomic mass is 32.5. The summed E-state index contributed by atoms with van der Waals surface area (Å²) in [7, 11) is 0. The van der Waals surface area contributed by atoms with Crippen molar-refractivity contribution in [2.75, 3.05) is 18.9 Å². The Bertz CT molecular complexity index is 1890. The number of aliphatic hydroxyl groups is 2. The van der Waals surface area contributed by atoms with Gasteiger partial charge in [0.05, 0.1) is 25.2 Å². The van der Waals surface area contributed by atoms with Crippen molar-refractivity contribution >= 4 is 59.7 Å². The Balaban J connectivity index is 1.21. The molecule has 0 amide bonds. The number of hydrogen-bond donors (Lipinski definition) is 5. The van der Waals surface area contributed by atoms with Gasteiger partial charge in [0.25, 0.3) is 5.56 Å². The molecule has 7 rings (SSSR count). The maximum atomic E-state index is 12.3. The predicted octanol–water partition coefficient (Wildman–Crippen LogP) is -0.710. The van der Waals surface area contributed by atoms with E-state index in [1.54, 1.807) is 6.07 Å². The number of hydrogen-bond acceptors (Lipinski definition) is 15. The van der Waals surface area contributed by atoms with Gasteiger partial charge in [0.1, 0.15) is 42.1 Å². The van der Waals surface area contributed by atoms with Gasteiger partial charge in [-0.25, -0.2) is 15.0 Å². The number of nitrogens with two attached hydrogens (primary N) is 1. The zero-order chi connectivity index (χ0) is 31.0. The molecule has 236 valence electrons. The van der Waals surface area contributed by atoms with Gasteiger partial charge in [0, 0.05) is 30.9 Å². The molecular weight excluding hydrogens is 664 g/mol. The second-order valence-electron chi connectivity index (χ2n) is 10.2. The SMILES string of the molecule is Nc1ccnc2c1ncn2[C@@H]1O[C@@H]2COP(O)(=S)O[C@@H]3[C@H](O)[C@@H](COP(O)(=S)O[C@@H]2[C@H]1O)O[C@H]3n1ccc(=O)n2ccnc12. The highest BCUT2D eigenvalue weighted by molar-refractivity contribution is 8.07. The molecule has 10 atom stereocenters. The monoisotopic (exact) mass is 689 g/mol. The molecule has 7 heterocycles. The fraction of sp³-hybridized carbons (Fsp3) is 0.455. The number of fused-ring (bicyclic) bond motifs is 5. The summed E-state index contributed by atoms with van der Waals surface area (Å²) in [6.07, 6.45) is -3.27. The van der Waals surface area contributed by atoms with Crippen LogP contribution in [-0.2, 0) is 51.2 Å². The van der Waals surface area contributed by atoms with Crippen molar-refractivity contribution in [3.8, 4) is 0 Å². The van der Waals surface area contributed by atoms with Gasteiger partial charge in [-0.05, 0) is 29.7 Å². The van der Waals surface area contributed by atoms with E-state index in [1.165, 1.54) is 50.7 Å². The van der Waals surface area contributed by atoms with Crippen LogP contribution < -0.4 is 11.3 Å². The third kappa shape index (κ3) is 5.33. The van der Waals surface area contributed by atoms with E-state index < -0.39 is 75.7 Å². The zero-order valence-corrected chi connectivity index (χ0v) is 25.6. The van der Waals surface area contributed by atoms with E-state index in [4.69, 9.17) is 56.9 Å². The summed E-state index contributed by atoms with van der Waals surface area (Å²) in [5, 5.41) is 22.5. The molecular formula is C22H25N7O11P2S2. The van der Waals surface area contributed by atoms with Gasteiger partial charge in [-0.3, -0.25) is 27.4 Å². The van der Waals surface area contributed by atoms with E-state index in [-0.39, 0.29) is 11.3 Å². The summed E-state index contributed by atoms with van der Waals surface area (Å²) < 4.78 is 38.8. The lowest BCUT2D eigenvalue weighted by molar-refractivity contribution is -0.0609. The highest BCUT2D eigenvalue weighted by Gasteiger charge is 2.52.